The zero-order chi connectivity index (χ0) is 13.6. The van der Waals surface area contributed by atoms with Gasteiger partial charge in [-0.2, -0.15) is 13.2 Å². The van der Waals surface area contributed by atoms with Crippen LogP contribution in [-0.4, -0.2) is 29.8 Å². The number of ether oxygens (including phenoxy) is 1. The van der Waals surface area contributed by atoms with E-state index in [-0.39, 0.29) is 6.54 Å². The molecule has 0 unspecified atom stereocenters. The normalized spacial score (nSPS) is 13.1. The topological polar surface area (TPSA) is 51.2 Å². The third kappa shape index (κ3) is 5.62. The molecule has 100 valence electrons. The number of nitrogens with zero attached hydrogens (tertiary/aromatic N) is 1. The van der Waals surface area contributed by atoms with Gasteiger partial charge >= 0.3 is 6.18 Å². The van der Waals surface area contributed by atoms with Crippen LogP contribution in [0.2, 0.25) is 0 Å². The van der Waals surface area contributed by atoms with Crippen molar-refractivity contribution in [2.75, 3.05) is 6.61 Å². The van der Waals surface area contributed by atoms with Crippen LogP contribution in [0.4, 0.5) is 13.2 Å². The van der Waals surface area contributed by atoms with E-state index in [2.05, 4.69) is 15.0 Å². The van der Waals surface area contributed by atoms with Gasteiger partial charge in [0, 0.05) is 18.9 Å². The van der Waals surface area contributed by atoms with Crippen LogP contribution in [0, 0.1) is 0 Å². The Morgan fingerprint density at radius 3 is 2.83 bits per heavy atom. The molecule has 1 N–H and O–H groups in total. The number of amides is 1. The average Bonchev–Trinajstić information content (AvgIpc) is 2.33. The van der Waals surface area contributed by atoms with E-state index in [9.17, 15) is 18.0 Å². The Balaban J connectivity index is 2.32. The summed E-state index contributed by atoms with van der Waals surface area (Å²) in [7, 11) is 0. The predicted molar refractivity (Wildman–Crippen MR) is 57.6 cm³/mol. The standard InChI is InChI=1S/C11H13F3N2O2/c1-8(18-7-11(12,13)14)10(17)16-6-9-3-2-4-15-5-9/h2-5,8H,6-7H2,1H3,(H,16,17)/t8-/m0/s1. The molecule has 0 spiro atoms. The van der Waals surface area contributed by atoms with Crippen LogP contribution in [0.5, 0.6) is 0 Å². The van der Waals surface area contributed by atoms with Gasteiger partial charge in [0.25, 0.3) is 0 Å². The van der Waals surface area contributed by atoms with Crippen molar-refractivity contribution in [3.63, 3.8) is 0 Å². The highest BCUT2D eigenvalue weighted by atomic mass is 19.4. The molecule has 0 aromatic carbocycles. The van der Waals surface area contributed by atoms with Crippen LogP contribution < -0.4 is 5.32 Å². The lowest BCUT2D eigenvalue weighted by Gasteiger charge is -2.14. The average molecular weight is 262 g/mol. The second-order valence-corrected chi connectivity index (χ2v) is 3.65. The fourth-order valence-electron chi connectivity index (χ4n) is 1.13. The number of halogens is 3. The molecule has 0 saturated carbocycles. The molecule has 0 bridgehead atoms. The lowest BCUT2D eigenvalue weighted by atomic mass is 10.3. The molecule has 0 fully saturated rings. The molecule has 1 atom stereocenters. The molecular weight excluding hydrogens is 249 g/mol. The van der Waals surface area contributed by atoms with Crippen molar-refractivity contribution >= 4 is 5.91 Å². The highest BCUT2D eigenvalue weighted by Crippen LogP contribution is 2.15. The summed E-state index contributed by atoms with van der Waals surface area (Å²) in [6.45, 7) is 0.0329. The van der Waals surface area contributed by atoms with Crippen LogP contribution in [0.1, 0.15) is 12.5 Å². The van der Waals surface area contributed by atoms with Crippen LogP contribution in [-0.2, 0) is 16.1 Å². The first kappa shape index (κ1) is 14.4. The lowest BCUT2D eigenvalue weighted by molar-refractivity contribution is -0.185. The minimum absolute atomic E-state index is 0.201. The van der Waals surface area contributed by atoms with Gasteiger partial charge in [-0.1, -0.05) is 6.07 Å². The second kappa shape index (κ2) is 6.34. The summed E-state index contributed by atoms with van der Waals surface area (Å²) < 4.78 is 40.0. The predicted octanol–water partition coefficient (Wildman–Crippen LogP) is 1.67. The highest BCUT2D eigenvalue weighted by Gasteiger charge is 2.29. The number of nitrogens with one attached hydrogen (secondary N) is 1. The SMILES string of the molecule is C[C@H](OCC(F)(F)F)C(=O)NCc1cccnc1. The van der Waals surface area contributed by atoms with Crippen molar-refractivity contribution in [2.45, 2.75) is 25.7 Å². The van der Waals surface area contributed by atoms with Crippen LogP contribution in [0.25, 0.3) is 0 Å². The minimum Gasteiger partial charge on any atom is -0.359 e. The van der Waals surface area contributed by atoms with E-state index in [0.29, 0.717) is 0 Å². The summed E-state index contributed by atoms with van der Waals surface area (Å²) in [4.78, 5) is 15.3. The molecule has 0 saturated heterocycles. The Labute approximate surface area is 102 Å². The van der Waals surface area contributed by atoms with Crippen molar-refractivity contribution < 1.29 is 22.7 Å². The Morgan fingerprint density at radius 2 is 2.28 bits per heavy atom. The summed E-state index contributed by atoms with van der Waals surface area (Å²) >= 11 is 0. The molecule has 1 aromatic heterocycles. The molecule has 1 heterocycles. The van der Waals surface area contributed by atoms with Crippen molar-refractivity contribution in [1.82, 2.24) is 10.3 Å². The van der Waals surface area contributed by atoms with Crippen molar-refractivity contribution in [3.05, 3.63) is 30.1 Å². The summed E-state index contributed by atoms with van der Waals surface area (Å²) in [5.41, 5.74) is 0.758. The number of carbonyl (C=O) groups excluding carboxylic acids is 1. The smallest absolute Gasteiger partial charge is 0.359 e. The van der Waals surface area contributed by atoms with E-state index < -0.39 is 24.8 Å². The van der Waals surface area contributed by atoms with Crippen LogP contribution in [0.15, 0.2) is 24.5 Å². The molecule has 18 heavy (non-hydrogen) atoms. The molecule has 1 aromatic rings. The first-order chi connectivity index (χ1) is 8.38. The van der Waals surface area contributed by atoms with Gasteiger partial charge in [0.05, 0.1) is 0 Å². The summed E-state index contributed by atoms with van der Waals surface area (Å²) in [5, 5.41) is 2.46. The van der Waals surface area contributed by atoms with Gasteiger partial charge < -0.3 is 10.1 Å². The molecule has 0 aliphatic rings. The molecule has 1 rings (SSSR count). The maximum atomic E-state index is 11.9. The number of hydrogen-bond acceptors (Lipinski definition) is 3. The molecular formula is C11H13F3N2O2. The van der Waals surface area contributed by atoms with E-state index >= 15 is 0 Å². The van der Waals surface area contributed by atoms with Crippen molar-refractivity contribution in [2.24, 2.45) is 0 Å². The first-order valence-corrected chi connectivity index (χ1v) is 5.23. The van der Waals surface area contributed by atoms with Crippen LogP contribution >= 0.6 is 0 Å². The number of rotatable bonds is 5. The Bertz CT molecular complexity index is 382. The van der Waals surface area contributed by atoms with E-state index in [1.165, 1.54) is 6.92 Å². The Morgan fingerprint density at radius 1 is 1.56 bits per heavy atom. The summed E-state index contributed by atoms with van der Waals surface area (Å²) in [6.07, 6.45) is -2.44. The number of alkyl halides is 3. The maximum absolute atomic E-state index is 11.9. The maximum Gasteiger partial charge on any atom is 0.411 e. The van der Waals surface area contributed by atoms with Gasteiger partial charge in [0.15, 0.2) is 0 Å². The monoisotopic (exact) mass is 262 g/mol. The zero-order valence-corrected chi connectivity index (χ0v) is 9.70. The van der Waals surface area contributed by atoms with Crippen molar-refractivity contribution in [3.8, 4) is 0 Å². The highest BCUT2D eigenvalue weighted by molar-refractivity contribution is 5.80. The quantitative estimate of drug-likeness (QED) is 0.878. The third-order valence-electron chi connectivity index (χ3n) is 2.06. The third-order valence-corrected chi connectivity index (χ3v) is 2.06. The van der Waals surface area contributed by atoms with Crippen molar-refractivity contribution in [1.29, 1.82) is 0 Å². The van der Waals surface area contributed by atoms with E-state index in [1.807, 2.05) is 0 Å². The van der Waals surface area contributed by atoms with Gasteiger partial charge in [-0.05, 0) is 18.6 Å². The lowest BCUT2D eigenvalue weighted by Crippen LogP contribution is -2.36. The molecule has 4 nitrogen and oxygen atoms in total. The summed E-state index contributed by atoms with van der Waals surface area (Å²) in [5.74, 6) is -0.594. The molecule has 0 aliphatic heterocycles. The second-order valence-electron chi connectivity index (χ2n) is 3.65. The first-order valence-electron chi connectivity index (χ1n) is 5.23. The van der Waals surface area contributed by atoms with Gasteiger partial charge in [-0.15, -0.1) is 0 Å². The van der Waals surface area contributed by atoms with Gasteiger partial charge in [-0.25, -0.2) is 0 Å². The number of pyridine rings is 1. The van der Waals surface area contributed by atoms with E-state index in [1.54, 1.807) is 24.5 Å². The molecule has 0 radical (unpaired) electrons. The van der Waals surface area contributed by atoms with Gasteiger partial charge in [0.1, 0.15) is 12.7 Å². The number of hydrogen-bond donors (Lipinski definition) is 1. The number of aromatic nitrogens is 1. The van der Waals surface area contributed by atoms with Gasteiger partial charge in [-0.3, -0.25) is 9.78 Å². The van der Waals surface area contributed by atoms with Crippen LogP contribution in [0.3, 0.4) is 0 Å². The molecule has 1 amide bonds. The zero-order valence-electron chi connectivity index (χ0n) is 9.70. The molecule has 0 aliphatic carbocycles. The fraction of sp³-hybridized carbons (Fsp3) is 0.455. The Kier molecular flexibility index (Phi) is 5.08. The minimum atomic E-state index is -4.43. The van der Waals surface area contributed by atoms with Gasteiger partial charge in [0.2, 0.25) is 5.91 Å². The number of carbonyl (C=O) groups is 1. The van der Waals surface area contributed by atoms with E-state index in [4.69, 9.17) is 0 Å². The Hall–Kier alpha value is -1.63. The molecule has 7 heteroatoms. The van der Waals surface area contributed by atoms with E-state index in [0.717, 1.165) is 5.56 Å². The fourth-order valence-corrected chi connectivity index (χ4v) is 1.13. The summed E-state index contributed by atoms with van der Waals surface area (Å²) in [6, 6.07) is 3.44. The largest absolute Gasteiger partial charge is 0.411 e.